The Morgan fingerprint density at radius 2 is 1.94 bits per heavy atom. The monoisotopic (exact) mass is 253 g/mol. The minimum Gasteiger partial charge on any atom is -0.327 e. The fraction of sp³-hybridized carbons (Fsp3) is 0.600. The maximum atomic E-state index is 13.5. The summed E-state index contributed by atoms with van der Waals surface area (Å²) in [5.74, 6) is -0.198. The van der Waals surface area contributed by atoms with Gasteiger partial charge < -0.3 is 5.73 Å². The van der Waals surface area contributed by atoms with Crippen molar-refractivity contribution in [3.8, 4) is 0 Å². The van der Waals surface area contributed by atoms with Gasteiger partial charge in [0.15, 0.2) is 0 Å². The first kappa shape index (κ1) is 13.5. The molecular formula is C15H21F2N. The van der Waals surface area contributed by atoms with Gasteiger partial charge in [-0.3, -0.25) is 0 Å². The van der Waals surface area contributed by atoms with Crippen molar-refractivity contribution in [2.75, 3.05) is 0 Å². The van der Waals surface area contributed by atoms with Crippen LogP contribution in [0.3, 0.4) is 0 Å². The second-order valence-corrected chi connectivity index (χ2v) is 5.43. The second-order valence-electron chi connectivity index (χ2n) is 5.43. The van der Waals surface area contributed by atoms with E-state index in [2.05, 4.69) is 0 Å². The molecule has 1 aliphatic carbocycles. The molecular weight excluding hydrogens is 232 g/mol. The highest BCUT2D eigenvalue weighted by Crippen LogP contribution is 2.29. The van der Waals surface area contributed by atoms with E-state index in [1.807, 2.05) is 0 Å². The number of hydrogen-bond acceptors (Lipinski definition) is 1. The molecule has 0 spiro atoms. The zero-order valence-corrected chi connectivity index (χ0v) is 10.7. The van der Waals surface area contributed by atoms with Crippen molar-refractivity contribution in [3.05, 3.63) is 35.4 Å². The lowest BCUT2D eigenvalue weighted by atomic mass is 9.95. The van der Waals surface area contributed by atoms with Gasteiger partial charge in [0.2, 0.25) is 0 Å². The van der Waals surface area contributed by atoms with Crippen molar-refractivity contribution in [2.45, 2.75) is 51.0 Å². The van der Waals surface area contributed by atoms with Crippen LogP contribution >= 0.6 is 0 Å². The van der Waals surface area contributed by atoms with E-state index in [4.69, 9.17) is 5.73 Å². The van der Waals surface area contributed by atoms with Crippen LogP contribution in [0.4, 0.5) is 8.78 Å². The van der Waals surface area contributed by atoms with E-state index in [-0.39, 0.29) is 6.04 Å². The Hall–Kier alpha value is -0.960. The van der Waals surface area contributed by atoms with Crippen LogP contribution in [0.25, 0.3) is 0 Å². The Morgan fingerprint density at radius 3 is 2.61 bits per heavy atom. The Bertz CT molecular complexity index is 386. The predicted octanol–water partition coefficient (Wildman–Crippen LogP) is 3.81. The van der Waals surface area contributed by atoms with Gasteiger partial charge in [-0.2, -0.15) is 0 Å². The van der Waals surface area contributed by atoms with Crippen molar-refractivity contribution in [1.82, 2.24) is 0 Å². The maximum Gasteiger partial charge on any atom is 0.129 e. The lowest BCUT2D eigenvalue weighted by Gasteiger charge is -2.15. The third kappa shape index (κ3) is 3.77. The minimum atomic E-state index is -0.532. The summed E-state index contributed by atoms with van der Waals surface area (Å²) in [6, 6.07) is 3.70. The summed E-state index contributed by atoms with van der Waals surface area (Å²) in [4.78, 5) is 0. The van der Waals surface area contributed by atoms with Gasteiger partial charge in [-0.25, -0.2) is 8.78 Å². The molecule has 1 fully saturated rings. The zero-order valence-electron chi connectivity index (χ0n) is 10.7. The first-order valence-corrected chi connectivity index (χ1v) is 6.84. The summed E-state index contributed by atoms with van der Waals surface area (Å²) >= 11 is 0. The van der Waals surface area contributed by atoms with Gasteiger partial charge in [-0.15, -0.1) is 0 Å². The normalized spacial score (nSPS) is 18.2. The highest BCUT2D eigenvalue weighted by atomic mass is 19.1. The molecule has 1 saturated carbocycles. The number of hydrogen-bond donors (Lipinski definition) is 1. The first-order valence-electron chi connectivity index (χ1n) is 6.84. The average Bonchev–Trinajstić information content (AvgIpc) is 2.83. The first-order chi connectivity index (χ1) is 8.65. The summed E-state index contributed by atoms with van der Waals surface area (Å²) in [6.45, 7) is 0. The molecule has 0 heterocycles. The average molecular weight is 253 g/mol. The highest BCUT2D eigenvalue weighted by molar-refractivity contribution is 5.19. The van der Waals surface area contributed by atoms with Crippen molar-refractivity contribution in [1.29, 1.82) is 0 Å². The Morgan fingerprint density at radius 1 is 1.22 bits per heavy atom. The fourth-order valence-electron chi connectivity index (χ4n) is 2.82. The van der Waals surface area contributed by atoms with Gasteiger partial charge in [0.1, 0.15) is 11.6 Å². The summed E-state index contributed by atoms with van der Waals surface area (Å²) in [5.41, 5.74) is 6.55. The summed E-state index contributed by atoms with van der Waals surface area (Å²) in [7, 11) is 0. The lowest BCUT2D eigenvalue weighted by Crippen LogP contribution is -2.24. The van der Waals surface area contributed by atoms with Crippen LogP contribution in [0.15, 0.2) is 18.2 Å². The molecule has 1 unspecified atom stereocenters. The van der Waals surface area contributed by atoms with Crippen LogP contribution in [-0.4, -0.2) is 6.04 Å². The molecule has 0 aromatic heterocycles. The molecule has 0 radical (unpaired) electrons. The van der Waals surface area contributed by atoms with Crippen LogP contribution < -0.4 is 5.73 Å². The number of halogens is 2. The fourth-order valence-corrected chi connectivity index (χ4v) is 2.82. The third-order valence-corrected chi connectivity index (χ3v) is 3.92. The zero-order chi connectivity index (χ0) is 13.0. The molecule has 0 amide bonds. The van der Waals surface area contributed by atoms with E-state index in [9.17, 15) is 8.78 Å². The van der Waals surface area contributed by atoms with Gasteiger partial charge in [0, 0.05) is 12.1 Å². The van der Waals surface area contributed by atoms with E-state index >= 15 is 0 Å². The number of rotatable bonds is 5. The van der Waals surface area contributed by atoms with E-state index in [0.717, 1.165) is 24.8 Å². The van der Waals surface area contributed by atoms with Crippen LogP contribution in [0.1, 0.15) is 44.1 Å². The molecule has 2 N–H and O–H groups in total. The Labute approximate surface area is 107 Å². The van der Waals surface area contributed by atoms with Gasteiger partial charge >= 0.3 is 0 Å². The minimum absolute atomic E-state index is 0.0226. The summed E-state index contributed by atoms with van der Waals surface area (Å²) < 4.78 is 26.2. The van der Waals surface area contributed by atoms with E-state index in [1.165, 1.54) is 37.8 Å². The van der Waals surface area contributed by atoms with Crippen LogP contribution in [0, 0.1) is 17.6 Å². The molecule has 1 aromatic carbocycles. The molecule has 1 aliphatic rings. The molecule has 0 aliphatic heterocycles. The molecule has 3 heteroatoms. The van der Waals surface area contributed by atoms with Crippen molar-refractivity contribution in [2.24, 2.45) is 11.7 Å². The summed E-state index contributed by atoms with van der Waals surface area (Å²) in [6.07, 6.45) is 7.89. The van der Waals surface area contributed by atoms with E-state index < -0.39 is 11.6 Å². The number of benzene rings is 1. The molecule has 2 rings (SSSR count). The SMILES string of the molecule is NC(CCC1CCCC1)Cc1ccc(F)cc1F. The van der Waals surface area contributed by atoms with Crippen molar-refractivity contribution in [3.63, 3.8) is 0 Å². The molecule has 1 atom stereocenters. The van der Waals surface area contributed by atoms with Crippen molar-refractivity contribution >= 4 is 0 Å². The van der Waals surface area contributed by atoms with Gasteiger partial charge in [-0.05, 0) is 36.8 Å². The molecule has 100 valence electrons. The van der Waals surface area contributed by atoms with Gasteiger partial charge in [0.25, 0.3) is 0 Å². The third-order valence-electron chi connectivity index (χ3n) is 3.92. The van der Waals surface area contributed by atoms with Gasteiger partial charge in [-0.1, -0.05) is 31.7 Å². The number of nitrogens with two attached hydrogens (primary N) is 1. The van der Waals surface area contributed by atoms with Crippen LogP contribution in [0.5, 0.6) is 0 Å². The van der Waals surface area contributed by atoms with Crippen molar-refractivity contribution < 1.29 is 8.78 Å². The van der Waals surface area contributed by atoms with Crippen LogP contribution in [0.2, 0.25) is 0 Å². The van der Waals surface area contributed by atoms with Crippen LogP contribution in [-0.2, 0) is 6.42 Å². The second kappa shape index (κ2) is 6.28. The van der Waals surface area contributed by atoms with E-state index in [0.29, 0.717) is 12.0 Å². The lowest BCUT2D eigenvalue weighted by molar-refractivity contribution is 0.444. The topological polar surface area (TPSA) is 26.0 Å². The smallest absolute Gasteiger partial charge is 0.129 e. The summed E-state index contributed by atoms with van der Waals surface area (Å²) in [5, 5.41) is 0. The maximum absolute atomic E-state index is 13.5. The van der Waals surface area contributed by atoms with E-state index in [1.54, 1.807) is 0 Å². The quantitative estimate of drug-likeness (QED) is 0.848. The predicted molar refractivity (Wildman–Crippen MR) is 69.2 cm³/mol. The standard InChI is InChI=1S/C15H21F2N/c16-13-7-6-12(15(17)10-13)9-14(18)8-5-11-3-1-2-4-11/h6-7,10-11,14H,1-5,8-9,18H2. The molecule has 0 saturated heterocycles. The van der Waals surface area contributed by atoms with Gasteiger partial charge in [0.05, 0.1) is 0 Å². The Balaban J connectivity index is 1.80. The molecule has 0 bridgehead atoms. The molecule has 18 heavy (non-hydrogen) atoms. The molecule has 1 aromatic rings. The highest BCUT2D eigenvalue weighted by Gasteiger charge is 2.16. The Kier molecular flexibility index (Phi) is 4.70. The largest absolute Gasteiger partial charge is 0.327 e. The molecule has 1 nitrogen and oxygen atoms in total.